The minimum absolute atomic E-state index is 0.342. The number of benzene rings is 1. The number of unbranched alkanes of at least 4 members (excludes halogenated alkanes) is 1. The van der Waals surface area contributed by atoms with Crippen LogP contribution in [0.2, 0.25) is 0 Å². The summed E-state index contributed by atoms with van der Waals surface area (Å²) < 4.78 is 5.59. The van der Waals surface area contributed by atoms with E-state index in [2.05, 4.69) is 16.9 Å². The number of nitrogens with one attached hydrogen (secondary N) is 2. The molecule has 6 heteroatoms. The number of aromatic nitrogens is 2. The second kappa shape index (κ2) is 7.73. The van der Waals surface area contributed by atoms with E-state index in [4.69, 9.17) is 4.74 Å². The van der Waals surface area contributed by atoms with Crippen molar-refractivity contribution in [1.82, 2.24) is 9.97 Å². The lowest BCUT2D eigenvalue weighted by Crippen LogP contribution is -2.24. The summed E-state index contributed by atoms with van der Waals surface area (Å²) in [6.07, 6.45) is 3.61. The molecule has 0 saturated heterocycles. The SMILES string of the molecule is CCCCOc1ccc(SCc2c[nH]c(=O)[nH]c2=O)cc1. The quantitative estimate of drug-likeness (QED) is 0.609. The van der Waals surface area contributed by atoms with Gasteiger partial charge < -0.3 is 9.72 Å². The van der Waals surface area contributed by atoms with E-state index in [0.29, 0.717) is 11.3 Å². The fourth-order valence-electron chi connectivity index (χ4n) is 1.67. The molecule has 0 unspecified atom stereocenters. The van der Waals surface area contributed by atoms with Crippen molar-refractivity contribution in [2.24, 2.45) is 0 Å². The third-order valence-corrected chi connectivity index (χ3v) is 3.94. The molecule has 5 nitrogen and oxygen atoms in total. The Kier molecular flexibility index (Phi) is 5.68. The van der Waals surface area contributed by atoms with E-state index in [-0.39, 0.29) is 5.56 Å². The fraction of sp³-hybridized carbons (Fsp3) is 0.333. The van der Waals surface area contributed by atoms with Crippen LogP contribution in [0.1, 0.15) is 25.3 Å². The zero-order valence-corrected chi connectivity index (χ0v) is 12.7. The van der Waals surface area contributed by atoms with Gasteiger partial charge in [-0.3, -0.25) is 9.78 Å². The highest BCUT2D eigenvalue weighted by Crippen LogP contribution is 2.23. The van der Waals surface area contributed by atoms with E-state index in [1.807, 2.05) is 24.3 Å². The molecule has 0 aliphatic rings. The first-order valence-electron chi connectivity index (χ1n) is 6.85. The van der Waals surface area contributed by atoms with Crippen molar-refractivity contribution in [1.29, 1.82) is 0 Å². The first-order chi connectivity index (χ1) is 10.2. The van der Waals surface area contributed by atoms with Gasteiger partial charge in [0.2, 0.25) is 0 Å². The third kappa shape index (κ3) is 4.82. The molecule has 0 aliphatic carbocycles. The Morgan fingerprint density at radius 2 is 1.95 bits per heavy atom. The van der Waals surface area contributed by atoms with Crippen LogP contribution in [0.5, 0.6) is 5.75 Å². The Bertz CT molecular complexity index is 676. The third-order valence-electron chi connectivity index (χ3n) is 2.88. The van der Waals surface area contributed by atoms with Crippen molar-refractivity contribution >= 4 is 11.8 Å². The van der Waals surface area contributed by atoms with Crippen molar-refractivity contribution in [2.75, 3.05) is 6.61 Å². The highest BCUT2D eigenvalue weighted by Gasteiger charge is 2.02. The van der Waals surface area contributed by atoms with Crippen LogP contribution in [-0.4, -0.2) is 16.6 Å². The monoisotopic (exact) mass is 306 g/mol. The minimum Gasteiger partial charge on any atom is -0.494 e. The summed E-state index contributed by atoms with van der Waals surface area (Å²) in [5.74, 6) is 1.36. The zero-order chi connectivity index (χ0) is 15.1. The van der Waals surface area contributed by atoms with Crippen LogP contribution in [0, 0.1) is 0 Å². The Morgan fingerprint density at radius 1 is 1.19 bits per heavy atom. The van der Waals surface area contributed by atoms with Gasteiger partial charge in [0.1, 0.15) is 5.75 Å². The van der Waals surface area contributed by atoms with Crippen LogP contribution < -0.4 is 16.0 Å². The lowest BCUT2D eigenvalue weighted by molar-refractivity contribution is 0.309. The van der Waals surface area contributed by atoms with Gasteiger partial charge in [0.05, 0.1) is 6.61 Å². The summed E-state index contributed by atoms with van der Waals surface area (Å²) in [4.78, 5) is 28.2. The average molecular weight is 306 g/mol. The van der Waals surface area contributed by atoms with Crippen LogP contribution >= 0.6 is 11.8 Å². The van der Waals surface area contributed by atoms with Gasteiger partial charge in [-0.1, -0.05) is 13.3 Å². The number of H-pyrrole nitrogens is 2. The second-order valence-electron chi connectivity index (χ2n) is 4.56. The maximum atomic E-state index is 11.6. The summed E-state index contributed by atoms with van der Waals surface area (Å²) in [5, 5.41) is 0. The van der Waals surface area contributed by atoms with Crippen LogP contribution in [0.3, 0.4) is 0 Å². The van der Waals surface area contributed by atoms with Gasteiger partial charge >= 0.3 is 5.69 Å². The Morgan fingerprint density at radius 3 is 2.62 bits per heavy atom. The lowest BCUT2D eigenvalue weighted by atomic mass is 10.3. The van der Waals surface area contributed by atoms with Crippen LogP contribution in [0.25, 0.3) is 0 Å². The smallest absolute Gasteiger partial charge is 0.325 e. The number of ether oxygens (including phenoxy) is 1. The van der Waals surface area contributed by atoms with Crippen LogP contribution in [-0.2, 0) is 5.75 Å². The van der Waals surface area contributed by atoms with Crippen LogP contribution in [0.4, 0.5) is 0 Å². The number of hydrogen-bond acceptors (Lipinski definition) is 4. The summed E-state index contributed by atoms with van der Waals surface area (Å²) in [5.41, 5.74) is -0.282. The second-order valence-corrected chi connectivity index (χ2v) is 5.61. The molecule has 21 heavy (non-hydrogen) atoms. The summed E-state index contributed by atoms with van der Waals surface area (Å²) >= 11 is 1.53. The topological polar surface area (TPSA) is 75.0 Å². The van der Waals surface area contributed by atoms with E-state index in [9.17, 15) is 9.59 Å². The van der Waals surface area contributed by atoms with E-state index < -0.39 is 5.69 Å². The highest BCUT2D eigenvalue weighted by molar-refractivity contribution is 7.98. The van der Waals surface area contributed by atoms with Gasteiger partial charge in [0, 0.05) is 22.4 Å². The van der Waals surface area contributed by atoms with E-state index in [1.54, 1.807) is 0 Å². The molecule has 0 bridgehead atoms. The molecule has 2 N–H and O–H groups in total. The highest BCUT2D eigenvalue weighted by atomic mass is 32.2. The molecule has 1 aromatic heterocycles. The number of aromatic amines is 2. The summed E-state index contributed by atoms with van der Waals surface area (Å²) in [6, 6.07) is 7.78. The van der Waals surface area contributed by atoms with E-state index in [1.165, 1.54) is 18.0 Å². The molecule has 112 valence electrons. The molecule has 0 spiro atoms. The maximum Gasteiger partial charge on any atom is 0.325 e. The molecule has 0 saturated carbocycles. The minimum atomic E-state index is -0.484. The first-order valence-corrected chi connectivity index (χ1v) is 7.84. The predicted octanol–water partition coefficient (Wildman–Crippen LogP) is 2.53. The van der Waals surface area contributed by atoms with Crippen molar-refractivity contribution in [3.05, 3.63) is 56.9 Å². The molecule has 0 radical (unpaired) electrons. The zero-order valence-electron chi connectivity index (χ0n) is 11.8. The molecule has 0 aliphatic heterocycles. The molecule has 0 fully saturated rings. The van der Waals surface area contributed by atoms with Gasteiger partial charge in [-0.2, -0.15) is 0 Å². The van der Waals surface area contributed by atoms with Crippen molar-refractivity contribution < 1.29 is 4.74 Å². The number of hydrogen-bond donors (Lipinski definition) is 2. The fourth-order valence-corrected chi connectivity index (χ4v) is 2.54. The summed E-state index contributed by atoms with van der Waals surface area (Å²) in [7, 11) is 0. The van der Waals surface area contributed by atoms with E-state index >= 15 is 0 Å². The molecule has 1 aromatic carbocycles. The Balaban J connectivity index is 1.91. The van der Waals surface area contributed by atoms with Crippen molar-refractivity contribution in [2.45, 2.75) is 30.4 Å². The first kappa shape index (κ1) is 15.4. The average Bonchev–Trinajstić information content (AvgIpc) is 2.48. The largest absolute Gasteiger partial charge is 0.494 e. The standard InChI is InChI=1S/C15H18N2O3S/c1-2-3-8-20-12-4-6-13(7-5-12)21-10-11-9-16-15(19)17-14(11)18/h4-7,9H,2-3,8,10H2,1H3,(H2,16,17,18,19). The molecule has 2 rings (SSSR count). The predicted molar refractivity (Wildman–Crippen MR) is 84.1 cm³/mol. The van der Waals surface area contributed by atoms with Gasteiger partial charge in [-0.15, -0.1) is 11.8 Å². The molecule has 0 amide bonds. The van der Waals surface area contributed by atoms with Gasteiger partial charge in [0.25, 0.3) is 5.56 Å². The lowest BCUT2D eigenvalue weighted by Gasteiger charge is -2.06. The van der Waals surface area contributed by atoms with Gasteiger partial charge in [-0.25, -0.2) is 4.79 Å². The number of thioether (sulfide) groups is 1. The normalized spacial score (nSPS) is 10.5. The van der Waals surface area contributed by atoms with Crippen molar-refractivity contribution in [3.8, 4) is 5.75 Å². The van der Waals surface area contributed by atoms with Crippen molar-refractivity contribution in [3.63, 3.8) is 0 Å². The number of rotatable bonds is 7. The summed E-state index contributed by atoms with van der Waals surface area (Å²) in [6.45, 7) is 2.86. The molecular weight excluding hydrogens is 288 g/mol. The van der Waals surface area contributed by atoms with Gasteiger partial charge in [0.15, 0.2) is 0 Å². The molecule has 1 heterocycles. The molecular formula is C15H18N2O3S. The molecule has 2 aromatic rings. The Hall–Kier alpha value is -1.95. The maximum absolute atomic E-state index is 11.6. The van der Waals surface area contributed by atoms with Gasteiger partial charge in [-0.05, 0) is 30.7 Å². The Labute approximate surface area is 126 Å². The van der Waals surface area contributed by atoms with Crippen LogP contribution in [0.15, 0.2) is 44.9 Å². The molecule has 0 atom stereocenters. The van der Waals surface area contributed by atoms with E-state index in [0.717, 1.165) is 30.1 Å².